The number of carbonyl (C=O) groups excluding carboxylic acids is 1. The molecule has 22 heavy (non-hydrogen) atoms. The number of hydrogen-bond acceptors (Lipinski definition) is 4. The third kappa shape index (κ3) is 3.20. The van der Waals surface area contributed by atoms with Crippen molar-refractivity contribution in [2.24, 2.45) is 7.05 Å². The number of hydrogen-bond donors (Lipinski definition) is 2. The summed E-state index contributed by atoms with van der Waals surface area (Å²) in [4.78, 5) is 16.0. The number of nitrogens with one attached hydrogen (secondary N) is 2. The number of aromatic nitrogens is 3. The predicted octanol–water partition coefficient (Wildman–Crippen LogP) is 2.12. The van der Waals surface area contributed by atoms with Crippen LogP contribution in [0.25, 0.3) is 0 Å². The van der Waals surface area contributed by atoms with Crippen molar-refractivity contribution in [3.8, 4) is 0 Å². The molecular weight excluding hydrogens is 306 g/mol. The first kappa shape index (κ1) is 14.8. The van der Waals surface area contributed by atoms with E-state index in [9.17, 15) is 4.79 Å². The largest absolute Gasteiger partial charge is 0.371 e. The van der Waals surface area contributed by atoms with E-state index in [0.717, 1.165) is 12.0 Å². The Balaban J connectivity index is 1.64. The fraction of sp³-hybridized carbons (Fsp3) is 0.357. The zero-order chi connectivity index (χ0) is 15.5. The topological polar surface area (TPSA) is 81.1 Å². The van der Waals surface area contributed by atoms with Crippen molar-refractivity contribution >= 4 is 23.6 Å². The average molecular weight is 322 g/mol. The number of ether oxygens (including phenoxy) is 1. The lowest BCUT2D eigenvalue weighted by molar-refractivity contribution is 0.100. The van der Waals surface area contributed by atoms with Gasteiger partial charge in [0.15, 0.2) is 0 Å². The molecule has 1 fully saturated rings. The SMILES string of the molecule is Cn1ncnc1NC(=O)NC1CCOC1c1ccc(Cl)cc1. The van der Waals surface area contributed by atoms with Gasteiger partial charge in [0, 0.05) is 18.7 Å². The van der Waals surface area contributed by atoms with Gasteiger partial charge in [-0.05, 0) is 24.1 Å². The molecule has 2 heterocycles. The number of rotatable bonds is 3. The summed E-state index contributed by atoms with van der Waals surface area (Å²) in [6.07, 6.45) is 1.95. The molecule has 0 saturated carbocycles. The Morgan fingerprint density at radius 2 is 2.18 bits per heavy atom. The molecule has 2 N–H and O–H groups in total. The minimum absolute atomic E-state index is 0.102. The number of aryl methyl sites for hydroxylation is 1. The normalized spacial score (nSPS) is 20.8. The highest BCUT2D eigenvalue weighted by Gasteiger charge is 2.31. The molecular formula is C14H16ClN5O2. The quantitative estimate of drug-likeness (QED) is 0.907. The van der Waals surface area contributed by atoms with Gasteiger partial charge < -0.3 is 10.1 Å². The van der Waals surface area contributed by atoms with Crippen LogP contribution in [0.3, 0.4) is 0 Å². The molecule has 0 aliphatic carbocycles. The second-order valence-corrected chi connectivity index (χ2v) is 5.48. The van der Waals surface area contributed by atoms with Crippen LogP contribution >= 0.6 is 11.6 Å². The molecule has 0 radical (unpaired) electrons. The minimum Gasteiger partial charge on any atom is -0.371 e. The average Bonchev–Trinajstić information content (AvgIpc) is 3.10. The lowest BCUT2D eigenvalue weighted by atomic mass is 10.0. The van der Waals surface area contributed by atoms with Gasteiger partial charge in [0.05, 0.1) is 6.04 Å². The van der Waals surface area contributed by atoms with Crippen LogP contribution in [0.15, 0.2) is 30.6 Å². The van der Waals surface area contributed by atoms with Gasteiger partial charge in [-0.2, -0.15) is 10.1 Å². The number of halogens is 1. The molecule has 1 aliphatic rings. The highest BCUT2D eigenvalue weighted by atomic mass is 35.5. The lowest BCUT2D eigenvalue weighted by Crippen LogP contribution is -2.40. The van der Waals surface area contributed by atoms with Crippen LogP contribution in [0.4, 0.5) is 10.7 Å². The maximum Gasteiger partial charge on any atom is 0.321 e. The standard InChI is InChI=1S/C14H16ClN5O2/c1-20-13(16-8-17-20)19-14(21)18-11-6-7-22-12(11)9-2-4-10(15)5-3-9/h2-5,8,11-12H,6-7H2,1H3,(H2,16,17,18,19,21). The molecule has 1 aromatic carbocycles. The van der Waals surface area contributed by atoms with Gasteiger partial charge in [-0.1, -0.05) is 23.7 Å². The van der Waals surface area contributed by atoms with Crippen molar-refractivity contribution in [3.63, 3.8) is 0 Å². The first-order valence-electron chi connectivity index (χ1n) is 6.92. The van der Waals surface area contributed by atoms with E-state index in [4.69, 9.17) is 16.3 Å². The summed E-state index contributed by atoms with van der Waals surface area (Å²) in [5.41, 5.74) is 0.992. The zero-order valence-electron chi connectivity index (χ0n) is 12.0. The van der Waals surface area contributed by atoms with Crippen LogP contribution in [0.5, 0.6) is 0 Å². The Hall–Kier alpha value is -2.12. The predicted molar refractivity (Wildman–Crippen MR) is 81.7 cm³/mol. The van der Waals surface area contributed by atoms with Crippen molar-refractivity contribution in [2.75, 3.05) is 11.9 Å². The number of nitrogens with zero attached hydrogens (tertiary/aromatic N) is 3. The highest BCUT2D eigenvalue weighted by molar-refractivity contribution is 6.30. The van der Waals surface area contributed by atoms with E-state index in [0.29, 0.717) is 17.6 Å². The van der Waals surface area contributed by atoms with Gasteiger partial charge in [-0.15, -0.1) is 0 Å². The number of amides is 2. The van der Waals surface area contributed by atoms with E-state index in [1.807, 2.05) is 24.3 Å². The van der Waals surface area contributed by atoms with Gasteiger partial charge in [0.2, 0.25) is 5.95 Å². The second-order valence-electron chi connectivity index (χ2n) is 5.04. The van der Waals surface area contributed by atoms with Crippen LogP contribution in [-0.2, 0) is 11.8 Å². The van der Waals surface area contributed by atoms with E-state index in [1.165, 1.54) is 11.0 Å². The Morgan fingerprint density at radius 3 is 2.86 bits per heavy atom. The fourth-order valence-electron chi connectivity index (χ4n) is 2.43. The van der Waals surface area contributed by atoms with Crippen molar-refractivity contribution in [1.29, 1.82) is 0 Å². The Morgan fingerprint density at radius 1 is 1.41 bits per heavy atom. The molecule has 2 atom stereocenters. The van der Waals surface area contributed by atoms with Crippen molar-refractivity contribution in [2.45, 2.75) is 18.6 Å². The first-order valence-corrected chi connectivity index (χ1v) is 7.30. The van der Waals surface area contributed by atoms with E-state index >= 15 is 0 Å². The van der Waals surface area contributed by atoms with Crippen molar-refractivity contribution in [1.82, 2.24) is 20.1 Å². The molecule has 3 rings (SSSR count). The summed E-state index contributed by atoms with van der Waals surface area (Å²) in [6, 6.07) is 7.02. The molecule has 1 aromatic heterocycles. The molecule has 7 nitrogen and oxygen atoms in total. The van der Waals surface area contributed by atoms with Gasteiger partial charge in [0.1, 0.15) is 12.4 Å². The summed E-state index contributed by atoms with van der Waals surface area (Å²) in [5.74, 6) is 0.388. The third-order valence-corrected chi connectivity index (χ3v) is 3.80. The van der Waals surface area contributed by atoms with E-state index < -0.39 is 0 Å². The van der Waals surface area contributed by atoms with Gasteiger partial charge >= 0.3 is 6.03 Å². The van der Waals surface area contributed by atoms with E-state index in [-0.39, 0.29) is 18.2 Å². The molecule has 0 spiro atoms. The van der Waals surface area contributed by atoms with Crippen LogP contribution in [0, 0.1) is 0 Å². The number of urea groups is 1. The fourth-order valence-corrected chi connectivity index (χ4v) is 2.56. The summed E-state index contributed by atoms with van der Waals surface area (Å²) >= 11 is 5.90. The van der Waals surface area contributed by atoms with Gasteiger partial charge in [0.25, 0.3) is 0 Å². The third-order valence-electron chi connectivity index (χ3n) is 3.54. The van der Waals surface area contributed by atoms with Crippen molar-refractivity contribution in [3.05, 3.63) is 41.2 Å². The number of carbonyl (C=O) groups is 1. The Bertz CT molecular complexity index is 658. The van der Waals surface area contributed by atoms with E-state index in [2.05, 4.69) is 20.7 Å². The monoisotopic (exact) mass is 321 g/mol. The molecule has 2 amide bonds. The first-order chi connectivity index (χ1) is 10.6. The summed E-state index contributed by atoms with van der Waals surface area (Å²) < 4.78 is 7.22. The molecule has 2 unspecified atom stereocenters. The van der Waals surface area contributed by atoms with Crippen LogP contribution in [-0.4, -0.2) is 33.4 Å². The molecule has 8 heteroatoms. The van der Waals surface area contributed by atoms with Crippen LogP contribution in [0.2, 0.25) is 5.02 Å². The maximum atomic E-state index is 12.1. The molecule has 1 aliphatic heterocycles. The molecule has 116 valence electrons. The maximum absolute atomic E-state index is 12.1. The Labute approximate surface area is 132 Å². The highest BCUT2D eigenvalue weighted by Crippen LogP contribution is 2.29. The zero-order valence-corrected chi connectivity index (χ0v) is 12.7. The van der Waals surface area contributed by atoms with Crippen molar-refractivity contribution < 1.29 is 9.53 Å². The summed E-state index contributed by atoms with van der Waals surface area (Å²) in [6.45, 7) is 0.599. The summed E-state index contributed by atoms with van der Waals surface area (Å²) in [5, 5.41) is 10.1. The summed E-state index contributed by atoms with van der Waals surface area (Å²) in [7, 11) is 1.71. The van der Waals surface area contributed by atoms with Gasteiger partial charge in [-0.3, -0.25) is 5.32 Å². The number of anilines is 1. The molecule has 0 bridgehead atoms. The minimum atomic E-state index is -0.328. The lowest BCUT2D eigenvalue weighted by Gasteiger charge is -2.20. The molecule has 1 saturated heterocycles. The van der Waals surface area contributed by atoms with Gasteiger partial charge in [-0.25, -0.2) is 9.48 Å². The van der Waals surface area contributed by atoms with Crippen LogP contribution in [0.1, 0.15) is 18.1 Å². The smallest absolute Gasteiger partial charge is 0.321 e. The van der Waals surface area contributed by atoms with E-state index in [1.54, 1.807) is 7.05 Å². The Kier molecular flexibility index (Phi) is 4.26. The number of benzene rings is 1. The molecule has 2 aromatic rings. The second kappa shape index (κ2) is 6.33. The van der Waals surface area contributed by atoms with Crippen LogP contribution < -0.4 is 10.6 Å².